The first-order valence-electron chi connectivity index (χ1n) is 6.76. The highest BCUT2D eigenvalue weighted by Gasteiger charge is 2.19. The van der Waals surface area contributed by atoms with Gasteiger partial charge in [-0.25, -0.2) is 4.39 Å². The van der Waals surface area contributed by atoms with Crippen LogP contribution in [0.5, 0.6) is 11.5 Å². The Morgan fingerprint density at radius 2 is 1.76 bits per heavy atom. The topological polar surface area (TPSA) is 38.7 Å². The zero-order chi connectivity index (χ0) is 15.4. The van der Waals surface area contributed by atoms with Crippen molar-refractivity contribution in [2.75, 3.05) is 7.11 Å². The Morgan fingerprint density at radius 1 is 1.10 bits per heavy atom. The number of halogens is 1. The summed E-state index contributed by atoms with van der Waals surface area (Å²) in [6, 6.07) is 11.7. The van der Waals surface area contributed by atoms with Crippen molar-refractivity contribution in [2.24, 2.45) is 0 Å². The fourth-order valence-corrected chi connectivity index (χ4v) is 2.04. The van der Waals surface area contributed by atoms with Gasteiger partial charge in [0.2, 0.25) is 0 Å². The zero-order valence-corrected chi connectivity index (χ0v) is 12.3. The molecule has 2 aromatic carbocycles. The monoisotopic (exact) mass is 290 g/mol. The predicted octanol–water partition coefficient (Wildman–Crippen LogP) is 3.64. The first-order valence-corrected chi connectivity index (χ1v) is 6.76. The van der Waals surface area contributed by atoms with E-state index in [1.54, 1.807) is 50.4 Å². The van der Waals surface area contributed by atoms with Gasteiger partial charge >= 0.3 is 0 Å². The number of rotatable bonds is 5. The molecular formula is C17H19FO3. The van der Waals surface area contributed by atoms with Crippen LogP contribution in [0, 0.1) is 12.7 Å². The molecule has 112 valence electrons. The maximum Gasteiger partial charge on any atom is 0.165 e. The number of benzene rings is 2. The van der Waals surface area contributed by atoms with Crippen molar-refractivity contribution in [3.05, 3.63) is 59.4 Å². The van der Waals surface area contributed by atoms with Crippen molar-refractivity contribution < 1.29 is 19.0 Å². The lowest BCUT2D eigenvalue weighted by Crippen LogP contribution is -2.22. The average Bonchev–Trinajstić information content (AvgIpc) is 2.50. The molecule has 0 aliphatic rings. The van der Waals surface area contributed by atoms with Gasteiger partial charge in [0, 0.05) is 0 Å². The van der Waals surface area contributed by atoms with E-state index in [4.69, 9.17) is 9.47 Å². The second-order valence-corrected chi connectivity index (χ2v) is 4.97. The first-order chi connectivity index (χ1) is 10.0. The van der Waals surface area contributed by atoms with E-state index in [2.05, 4.69) is 0 Å². The Labute approximate surface area is 124 Å². The molecule has 2 aromatic rings. The van der Waals surface area contributed by atoms with Crippen molar-refractivity contribution in [3.63, 3.8) is 0 Å². The summed E-state index contributed by atoms with van der Waals surface area (Å²) < 4.78 is 24.3. The molecule has 3 nitrogen and oxygen atoms in total. The normalized spacial score (nSPS) is 13.6. The zero-order valence-electron chi connectivity index (χ0n) is 12.3. The molecular weight excluding hydrogens is 271 g/mol. The minimum absolute atomic E-state index is 0.148. The number of ether oxygens (including phenoxy) is 2. The predicted molar refractivity (Wildman–Crippen MR) is 79.2 cm³/mol. The van der Waals surface area contributed by atoms with E-state index in [0.717, 1.165) is 5.56 Å². The quantitative estimate of drug-likeness (QED) is 0.913. The summed E-state index contributed by atoms with van der Waals surface area (Å²) in [6.45, 7) is 3.56. The average molecular weight is 290 g/mol. The summed E-state index contributed by atoms with van der Waals surface area (Å²) in [7, 11) is 1.58. The van der Waals surface area contributed by atoms with E-state index in [-0.39, 0.29) is 5.75 Å². The standard InChI is InChI=1S/C17H19FO3/c1-11-4-9-15(18)16(10-11)21-12(2)17(19)13-5-7-14(20-3)8-6-13/h4-10,12,17,19H,1-3H3. The van der Waals surface area contributed by atoms with Crippen molar-refractivity contribution in [2.45, 2.75) is 26.1 Å². The van der Waals surface area contributed by atoms with Gasteiger partial charge in [-0.2, -0.15) is 0 Å². The van der Waals surface area contributed by atoms with Crippen molar-refractivity contribution in [1.29, 1.82) is 0 Å². The molecule has 0 radical (unpaired) electrons. The number of methoxy groups -OCH3 is 1. The Bertz CT molecular complexity index is 595. The van der Waals surface area contributed by atoms with E-state index < -0.39 is 18.0 Å². The molecule has 0 saturated heterocycles. The van der Waals surface area contributed by atoms with Gasteiger partial charge in [-0.1, -0.05) is 18.2 Å². The van der Waals surface area contributed by atoms with Gasteiger partial charge in [-0.15, -0.1) is 0 Å². The van der Waals surface area contributed by atoms with E-state index in [9.17, 15) is 9.50 Å². The summed E-state index contributed by atoms with van der Waals surface area (Å²) in [4.78, 5) is 0. The molecule has 0 spiro atoms. The molecule has 1 N–H and O–H groups in total. The highest BCUT2D eigenvalue weighted by Crippen LogP contribution is 2.26. The van der Waals surface area contributed by atoms with Gasteiger partial charge in [-0.3, -0.25) is 0 Å². The molecule has 0 aromatic heterocycles. The largest absolute Gasteiger partial charge is 0.497 e. The third kappa shape index (κ3) is 3.73. The van der Waals surface area contributed by atoms with Crippen LogP contribution >= 0.6 is 0 Å². The summed E-state index contributed by atoms with van der Waals surface area (Å²) in [6.07, 6.45) is -1.43. The molecule has 2 unspecified atom stereocenters. The first kappa shape index (κ1) is 15.3. The van der Waals surface area contributed by atoms with Crippen molar-refractivity contribution in [1.82, 2.24) is 0 Å². The van der Waals surface area contributed by atoms with E-state index >= 15 is 0 Å². The second kappa shape index (κ2) is 6.59. The minimum Gasteiger partial charge on any atom is -0.497 e. The van der Waals surface area contributed by atoms with Gasteiger partial charge in [0.05, 0.1) is 7.11 Å². The number of aryl methyl sites for hydroxylation is 1. The van der Waals surface area contributed by atoms with Crippen LogP contribution in [0.25, 0.3) is 0 Å². The van der Waals surface area contributed by atoms with Crippen LogP contribution in [-0.4, -0.2) is 18.3 Å². The number of hydrogen-bond donors (Lipinski definition) is 1. The molecule has 0 fully saturated rings. The number of hydrogen-bond acceptors (Lipinski definition) is 3. The number of aliphatic hydroxyl groups is 1. The molecule has 0 amide bonds. The Kier molecular flexibility index (Phi) is 4.81. The van der Waals surface area contributed by atoms with Gasteiger partial charge in [0.1, 0.15) is 18.0 Å². The Hall–Kier alpha value is -2.07. The van der Waals surface area contributed by atoms with E-state index in [1.807, 2.05) is 6.92 Å². The summed E-state index contributed by atoms with van der Waals surface area (Å²) in [5.74, 6) is 0.425. The van der Waals surface area contributed by atoms with Crippen molar-refractivity contribution >= 4 is 0 Å². The Balaban J connectivity index is 2.11. The summed E-state index contributed by atoms with van der Waals surface area (Å²) in [5.41, 5.74) is 1.59. The van der Waals surface area contributed by atoms with Gasteiger partial charge in [0.15, 0.2) is 11.6 Å². The van der Waals surface area contributed by atoms with Gasteiger partial charge in [-0.05, 0) is 49.2 Å². The van der Waals surface area contributed by atoms with Crippen LogP contribution in [0.2, 0.25) is 0 Å². The third-order valence-electron chi connectivity index (χ3n) is 3.30. The molecule has 2 atom stereocenters. The van der Waals surface area contributed by atoms with Crippen LogP contribution in [0.1, 0.15) is 24.2 Å². The van der Waals surface area contributed by atoms with Crippen LogP contribution < -0.4 is 9.47 Å². The summed E-state index contributed by atoms with van der Waals surface area (Å²) >= 11 is 0. The lowest BCUT2D eigenvalue weighted by Gasteiger charge is -2.21. The fourth-order valence-electron chi connectivity index (χ4n) is 2.04. The lowest BCUT2D eigenvalue weighted by atomic mass is 10.1. The molecule has 0 saturated carbocycles. The molecule has 2 rings (SSSR count). The van der Waals surface area contributed by atoms with E-state index in [1.165, 1.54) is 6.07 Å². The highest BCUT2D eigenvalue weighted by molar-refractivity contribution is 5.31. The van der Waals surface area contributed by atoms with Crippen molar-refractivity contribution in [3.8, 4) is 11.5 Å². The van der Waals surface area contributed by atoms with Crippen LogP contribution in [-0.2, 0) is 0 Å². The minimum atomic E-state index is -0.851. The van der Waals surface area contributed by atoms with E-state index in [0.29, 0.717) is 11.3 Å². The number of aliphatic hydroxyl groups excluding tert-OH is 1. The fraction of sp³-hybridized carbons (Fsp3) is 0.294. The lowest BCUT2D eigenvalue weighted by molar-refractivity contribution is 0.0443. The molecule has 0 bridgehead atoms. The molecule has 21 heavy (non-hydrogen) atoms. The SMILES string of the molecule is COc1ccc(C(O)C(C)Oc2cc(C)ccc2F)cc1. The Morgan fingerprint density at radius 3 is 2.38 bits per heavy atom. The maximum atomic E-state index is 13.7. The molecule has 0 aliphatic carbocycles. The summed E-state index contributed by atoms with van der Waals surface area (Å²) in [5, 5.41) is 10.3. The third-order valence-corrected chi connectivity index (χ3v) is 3.30. The molecule has 4 heteroatoms. The molecule has 0 heterocycles. The maximum absolute atomic E-state index is 13.7. The second-order valence-electron chi connectivity index (χ2n) is 4.97. The smallest absolute Gasteiger partial charge is 0.165 e. The van der Waals surface area contributed by atoms with Gasteiger partial charge in [0.25, 0.3) is 0 Å². The molecule has 0 aliphatic heterocycles. The van der Waals surface area contributed by atoms with Crippen LogP contribution in [0.3, 0.4) is 0 Å². The highest BCUT2D eigenvalue weighted by atomic mass is 19.1. The van der Waals surface area contributed by atoms with Gasteiger partial charge < -0.3 is 14.6 Å². The van der Waals surface area contributed by atoms with Crippen LogP contribution in [0.15, 0.2) is 42.5 Å². The van der Waals surface area contributed by atoms with Crippen LogP contribution in [0.4, 0.5) is 4.39 Å².